The predicted molar refractivity (Wildman–Crippen MR) is 116 cm³/mol. The second kappa shape index (κ2) is 12.8. The molecule has 0 bridgehead atoms. The molecule has 26 heavy (non-hydrogen) atoms. The molecule has 0 radical (unpaired) electrons. The zero-order valence-electron chi connectivity index (χ0n) is 15.7. The minimum atomic E-state index is -0.0434. The molecule has 0 spiro atoms. The third-order valence-corrected chi connectivity index (χ3v) is 3.78. The van der Waals surface area contributed by atoms with E-state index >= 15 is 0 Å². The van der Waals surface area contributed by atoms with Gasteiger partial charge in [0.15, 0.2) is 12.6 Å². The molecular formula is C19H31IN4O2. The van der Waals surface area contributed by atoms with E-state index in [1.807, 2.05) is 24.3 Å². The zero-order chi connectivity index (χ0) is 17.9. The number of nitrogens with one attached hydrogen (secondary N) is 3. The van der Waals surface area contributed by atoms with Gasteiger partial charge >= 0.3 is 0 Å². The van der Waals surface area contributed by atoms with Gasteiger partial charge in [0.25, 0.3) is 5.91 Å². The van der Waals surface area contributed by atoms with Gasteiger partial charge in [-0.2, -0.15) is 0 Å². The van der Waals surface area contributed by atoms with E-state index in [-0.39, 0.29) is 36.5 Å². The van der Waals surface area contributed by atoms with Crippen LogP contribution in [0.4, 0.5) is 0 Å². The minimum Gasteiger partial charge on any atom is -0.484 e. The molecule has 0 aromatic heterocycles. The van der Waals surface area contributed by atoms with Crippen LogP contribution in [0.25, 0.3) is 0 Å². The van der Waals surface area contributed by atoms with E-state index in [4.69, 9.17) is 4.74 Å². The number of benzene rings is 1. The lowest BCUT2D eigenvalue weighted by Crippen LogP contribution is -2.38. The van der Waals surface area contributed by atoms with Crippen molar-refractivity contribution in [1.82, 2.24) is 16.0 Å². The predicted octanol–water partition coefficient (Wildman–Crippen LogP) is 2.47. The van der Waals surface area contributed by atoms with Crippen LogP contribution < -0.4 is 20.7 Å². The molecule has 0 heterocycles. The Kier molecular flexibility index (Phi) is 11.1. The molecule has 1 fully saturated rings. The molecule has 3 N–H and O–H groups in total. The van der Waals surface area contributed by atoms with E-state index in [2.05, 4.69) is 34.8 Å². The number of hydrogen-bond donors (Lipinski definition) is 3. The van der Waals surface area contributed by atoms with E-state index in [1.54, 1.807) is 0 Å². The first kappa shape index (κ1) is 22.5. The molecule has 1 saturated carbocycles. The number of carbonyl (C=O) groups is 1. The fourth-order valence-corrected chi connectivity index (χ4v) is 2.29. The van der Waals surface area contributed by atoms with Crippen LogP contribution in [0.3, 0.4) is 0 Å². The quantitative estimate of drug-likeness (QED) is 0.277. The van der Waals surface area contributed by atoms with Gasteiger partial charge in [-0.25, -0.2) is 0 Å². The maximum Gasteiger partial charge on any atom is 0.258 e. The summed E-state index contributed by atoms with van der Waals surface area (Å²) in [5.74, 6) is 1.55. The SMILES string of the molecule is CCCN=C(NCC)NCCc1ccc(OCC(=O)NC2CC2)cc1.I. The van der Waals surface area contributed by atoms with Crippen LogP contribution >= 0.6 is 24.0 Å². The highest BCUT2D eigenvalue weighted by molar-refractivity contribution is 14.0. The Morgan fingerprint density at radius 3 is 2.54 bits per heavy atom. The summed E-state index contributed by atoms with van der Waals surface area (Å²) in [4.78, 5) is 16.1. The van der Waals surface area contributed by atoms with Gasteiger partial charge < -0.3 is 20.7 Å². The monoisotopic (exact) mass is 474 g/mol. The lowest BCUT2D eigenvalue weighted by Gasteiger charge is -2.11. The summed E-state index contributed by atoms with van der Waals surface area (Å²) < 4.78 is 5.51. The number of rotatable bonds is 10. The number of ether oxygens (including phenoxy) is 1. The fraction of sp³-hybridized carbons (Fsp3) is 0.579. The molecule has 0 unspecified atom stereocenters. The summed E-state index contributed by atoms with van der Waals surface area (Å²) in [7, 11) is 0. The molecule has 1 amide bonds. The Morgan fingerprint density at radius 2 is 1.92 bits per heavy atom. The molecule has 0 atom stereocenters. The van der Waals surface area contributed by atoms with E-state index in [9.17, 15) is 4.79 Å². The Bertz CT molecular complexity index is 559. The second-order valence-corrected chi connectivity index (χ2v) is 6.21. The van der Waals surface area contributed by atoms with Crippen LogP contribution in [0, 0.1) is 0 Å². The van der Waals surface area contributed by atoms with Crippen molar-refractivity contribution in [3.05, 3.63) is 29.8 Å². The Labute approximate surface area is 173 Å². The van der Waals surface area contributed by atoms with Gasteiger partial charge in [-0.1, -0.05) is 19.1 Å². The largest absolute Gasteiger partial charge is 0.484 e. The third-order valence-electron chi connectivity index (χ3n) is 3.78. The molecule has 7 heteroatoms. The number of halogens is 1. The maximum absolute atomic E-state index is 11.6. The first-order chi connectivity index (χ1) is 12.2. The zero-order valence-corrected chi connectivity index (χ0v) is 18.0. The molecule has 146 valence electrons. The van der Waals surface area contributed by atoms with Gasteiger partial charge in [0, 0.05) is 25.7 Å². The lowest BCUT2D eigenvalue weighted by molar-refractivity contribution is -0.123. The van der Waals surface area contributed by atoms with Crippen molar-refractivity contribution >= 4 is 35.8 Å². The highest BCUT2D eigenvalue weighted by Crippen LogP contribution is 2.18. The van der Waals surface area contributed by atoms with Crippen LogP contribution in [0.1, 0.15) is 38.7 Å². The van der Waals surface area contributed by atoms with Gasteiger partial charge in [-0.05, 0) is 50.3 Å². The summed E-state index contributed by atoms with van der Waals surface area (Å²) >= 11 is 0. The second-order valence-electron chi connectivity index (χ2n) is 6.21. The normalized spacial score (nSPS) is 13.5. The van der Waals surface area contributed by atoms with Gasteiger partial charge in [0.1, 0.15) is 5.75 Å². The molecule has 0 aliphatic heterocycles. The van der Waals surface area contributed by atoms with Crippen LogP contribution in [-0.4, -0.2) is 44.1 Å². The molecule has 1 aliphatic carbocycles. The Balaban J connectivity index is 0.00000338. The standard InChI is InChI=1S/C19H30N4O2.HI/c1-3-12-21-19(20-4-2)22-13-11-15-5-9-17(10-6-15)25-14-18(24)23-16-7-8-16;/h5-6,9-10,16H,3-4,7-8,11-14H2,1-2H3,(H,23,24)(H2,20,21,22);1H. The average Bonchev–Trinajstić information content (AvgIpc) is 3.43. The van der Waals surface area contributed by atoms with Crippen molar-refractivity contribution < 1.29 is 9.53 Å². The lowest BCUT2D eigenvalue weighted by atomic mass is 10.1. The number of nitrogens with zero attached hydrogens (tertiary/aromatic N) is 1. The smallest absolute Gasteiger partial charge is 0.258 e. The van der Waals surface area contributed by atoms with Crippen LogP contribution in [-0.2, 0) is 11.2 Å². The van der Waals surface area contributed by atoms with Crippen LogP contribution in [0.15, 0.2) is 29.3 Å². The van der Waals surface area contributed by atoms with E-state index < -0.39 is 0 Å². The van der Waals surface area contributed by atoms with Crippen LogP contribution in [0.5, 0.6) is 5.75 Å². The molecular weight excluding hydrogens is 443 g/mol. The summed E-state index contributed by atoms with van der Waals surface area (Å²) in [6.07, 6.45) is 4.12. The van der Waals surface area contributed by atoms with Gasteiger partial charge in [0.2, 0.25) is 0 Å². The number of carbonyl (C=O) groups excluding carboxylic acids is 1. The summed E-state index contributed by atoms with van der Waals surface area (Å²) in [6, 6.07) is 8.27. The third kappa shape index (κ3) is 9.26. The molecule has 1 aromatic carbocycles. The summed E-state index contributed by atoms with van der Waals surface area (Å²) in [5, 5.41) is 9.49. The van der Waals surface area contributed by atoms with E-state index in [1.165, 1.54) is 5.56 Å². The van der Waals surface area contributed by atoms with E-state index in [0.29, 0.717) is 6.04 Å². The topological polar surface area (TPSA) is 74.8 Å². The van der Waals surface area contributed by atoms with Gasteiger partial charge in [-0.15, -0.1) is 24.0 Å². The Morgan fingerprint density at radius 1 is 1.19 bits per heavy atom. The summed E-state index contributed by atoms with van der Waals surface area (Å²) in [6.45, 7) is 6.77. The molecule has 1 aliphatic rings. The highest BCUT2D eigenvalue weighted by Gasteiger charge is 2.23. The molecule has 1 aromatic rings. The van der Waals surface area contributed by atoms with Crippen molar-refractivity contribution in [3.63, 3.8) is 0 Å². The Hall–Kier alpha value is -1.51. The maximum atomic E-state index is 11.6. The summed E-state index contributed by atoms with van der Waals surface area (Å²) in [5.41, 5.74) is 1.22. The number of hydrogen-bond acceptors (Lipinski definition) is 3. The van der Waals surface area contributed by atoms with Crippen molar-refractivity contribution in [1.29, 1.82) is 0 Å². The van der Waals surface area contributed by atoms with Crippen molar-refractivity contribution in [3.8, 4) is 5.75 Å². The van der Waals surface area contributed by atoms with Gasteiger partial charge in [0.05, 0.1) is 0 Å². The van der Waals surface area contributed by atoms with Crippen LogP contribution in [0.2, 0.25) is 0 Å². The molecule has 2 rings (SSSR count). The van der Waals surface area contributed by atoms with Gasteiger partial charge in [-0.3, -0.25) is 9.79 Å². The average molecular weight is 474 g/mol. The first-order valence-corrected chi connectivity index (χ1v) is 9.24. The number of guanidine groups is 1. The fourth-order valence-electron chi connectivity index (χ4n) is 2.29. The first-order valence-electron chi connectivity index (χ1n) is 9.24. The number of amides is 1. The minimum absolute atomic E-state index is 0. The molecule has 6 nitrogen and oxygen atoms in total. The van der Waals surface area contributed by atoms with Crippen molar-refractivity contribution in [2.75, 3.05) is 26.2 Å². The van der Waals surface area contributed by atoms with Crippen molar-refractivity contribution in [2.45, 2.75) is 45.6 Å². The molecule has 0 saturated heterocycles. The van der Waals surface area contributed by atoms with Crippen molar-refractivity contribution in [2.24, 2.45) is 4.99 Å². The van der Waals surface area contributed by atoms with E-state index in [0.717, 1.165) is 57.0 Å². The highest BCUT2D eigenvalue weighted by atomic mass is 127. The number of aliphatic imine (C=N–C) groups is 1.